The van der Waals surface area contributed by atoms with Crippen LogP contribution >= 0.6 is 0 Å². The van der Waals surface area contributed by atoms with Gasteiger partial charge in [-0.2, -0.15) is 0 Å². The third kappa shape index (κ3) is 3.42. The lowest BCUT2D eigenvalue weighted by molar-refractivity contribution is 0.0718. The topological polar surface area (TPSA) is 45.2 Å². The van der Waals surface area contributed by atoms with Gasteiger partial charge in [-0.15, -0.1) is 0 Å². The highest BCUT2D eigenvalue weighted by molar-refractivity contribution is 5.93. The first-order valence-electron chi connectivity index (χ1n) is 7.50. The number of carbonyl (C=O) groups is 1. The second-order valence-electron chi connectivity index (χ2n) is 5.42. The van der Waals surface area contributed by atoms with Crippen molar-refractivity contribution in [3.63, 3.8) is 0 Å². The highest BCUT2D eigenvalue weighted by Crippen LogP contribution is 2.19. The van der Waals surface area contributed by atoms with Crippen LogP contribution in [0.5, 0.6) is 0 Å². The Morgan fingerprint density at radius 1 is 1.09 bits per heavy atom. The fourth-order valence-electron chi connectivity index (χ4n) is 2.62. The summed E-state index contributed by atoms with van der Waals surface area (Å²) in [7, 11) is 0. The Kier molecular flexibility index (Phi) is 4.32. The molecule has 0 saturated carbocycles. The van der Waals surface area contributed by atoms with Gasteiger partial charge >= 0.3 is 0 Å². The first-order chi connectivity index (χ1) is 10.7. The van der Waals surface area contributed by atoms with Gasteiger partial charge in [0.05, 0.1) is 0 Å². The lowest BCUT2D eigenvalue weighted by Crippen LogP contribution is -2.36. The fourth-order valence-corrected chi connectivity index (χ4v) is 2.62. The van der Waals surface area contributed by atoms with E-state index in [4.69, 9.17) is 0 Å². The number of likely N-dealkylation sites (tertiary alicyclic amines) is 1. The Bertz CT molecular complexity index is 668. The molecule has 0 spiro atoms. The van der Waals surface area contributed by atoms with Crippen LogP contribution in [0.4, 0.5) is 15.8 Å². The van der Waals surface area contributed by atoms with Gasteiger partial charge < -0.3 is 10.2 Å². The molecule has 1 aliphatic rings. The molecule has 1 N–H and O–H groups in total. The predicted octanol–water partition coefficient (Wildman–Crippen LogP) is 3.59. The highest BCUT2D eigenvalue weighted by Gasteiger charge is 2.19. The maximum Gasteiger partial charge on any atom is 0.272 e. The number of carbonyl (C=O) groups excluding carboxylic acids is 1. The molecule has 3 rings (SSSR count). The molecule has 5 heteroatoms. The molecule has 4 nitrogen and oxygen atoms in total. The summed E-state index contributed by atoms with van der Waals surface area (Å²) in [6.45, 7) is 1.59. The SMILES string of the molecule is O=C(c1cc(Nc2cccc(F)c2)ccn1)N1CCCCC1. The van der Waals surface area contributed by atoms with Crippen molar-refractivity contribution >= 4 is 17.3 Å². The molecule has 0 aliphatic carbocycles. The Balaban J connectivity index is 1.75. The van der Waals surface area contributed by atoms with Crippen molar-refractivity contribution in [2.24, 2.45) is 0 Å². The standard InChI is InChI=1S/C17H18FN3O/c18-13-5-4-6-14(11-13)20-15-7-8-19-16(12-15)17(22)21-9-2-1-3-10-21/h4-8,11-12H,1-3,9-10H2,(H,19,20). The summed E-state index contributed by atoms with van der Waals surface area (Å²) in [6.07, 6.45) is 4.87. The minimum absolute atomic E-state index is 0.0393. The van der Waals surface area contributed by atoms with Crippen LogP contribution < -0.4 is 5.32 Å². The average Bonchev–Trinajstić information content (AvgIpc) is 2.55. The Hall–Kier alpha value is -2.43. The van der Waals surface area contributed by atoms with Crippen LogP contribution in [0.25, 0.3) is 0 Å². The van der Waals surface area contributed by atoms with Crippen molar-refractivity contribution in [1.29, 1.82) is 0 Å². The number of pyridine rings is 1. The molecule has 2 heterocycles. The summed E-state index contributed by atoms with van der Waals surface area (Å²) in [5.74, 6) is -0.341. The van der Waals surface area contributed by atoms with E-state index in [0.717, 1.165) is 31.6 Å². The molecule has 22 heavy (non-hydrogen) atoms. The first-order valence-corrected chi connectivity index (χ1v) is 7.50. The molecule has 1 aromatic carbocycles. The number of rotatable bonds is 3. The van der Waals surface area contributed by atoms with E-state index >= 15 is 0 Å². The number of piperidine rings is 1. The number of nitrogens with one attached hydrogen (secondary N) is 1. The smallest absolute Gasteiger partial charge is 0.272 e. The van der Waals surface area contributed by atoms with Crippen molar-refractivity contribution in [1.82, 2.24) is 9.88 Å². The number of nitrogens with zero attached hydrogens (tertiary/aromatic N) is 2. The van der Waals surface area contributed by atoms with Crippen molar-refractivity contribution in [3.05, 3.63) is 54.1 Å². The van der Waals surface area contributed by atoms with Crippen LogP contribution in [0.2, 0.25) is 0 Å². The van der Waals surface area contributed by atoms with Gasteiger partial charge in [-0.3, -0.25) is 9.78 Å². The van der Waals surface area contributed by atoms with E-state index in [1.807, 2.05) is 4.90 Å². The number of anilines is 2. The number of halogens is 1. The Morgan fingerprint density at radius 3 is 2.64 bits per heavy atom. The van der Waals surface area contributed by atoms with Crippen LogP contribution in [0.15, 0.2) is 42.6 Å². The molecular weight excluding hydrogens is 281 g/mol. The van der Waals surface area contributed by atoms with Gasteiger partial charge in [0.1, 0.15) is 11.5 Å². The van der Waals surface area contributed by atoms with E-state index < -0.39 is 0 Å². The molecule has 1 aliphatic heterocycles. The molecular formula is C17H18FN3O. The zero-order chi connectivity index (χ0) is 15.4. The molecule has 0 unspecified atom stereocenters. The van der Waals surface area contributed by atoms with Gasteiger partial charge in [0.25, 0.3) is 5.91 Å². The van der Waals surface area contributed by atoms with Gasteiger partial charge in [-0.1, -0.05) is 6.07 Å². The molecule has 1 saturated heterocycles. The number of amides is 1. The third-order valence-corrected chi connectivity index (χ3v) is 3.74. The molecule has 114 valence electrons. The normalized spacial score (nSPS) is 14.7. The number of aromatic nitrogens is 1. The van der Waals surface area contributed by atoms with Gasteiger partial charge in [0, 0.05) is 30.7 Å². The monoisotopic (exact) mass is 299 g/mol. The lowest BCUT2D eigenvalue weighted by atomic mass is 10.1. The van der Waals surface area contributed by atoms with Crippen molar-refractivity contribution in [3.8, 4) is 0 Å². The Morgan fingerprint density at radius 2 is 1.86 bits per heavy atom. The second kappa shape index (κ2) is 6.56. The van der Waals surface area contributed by atoms with Gasteiger partial charge in [-0.25, -0.2) is 4.39 Å². The molecule has 0 radical (unpaired) electrons. The quantitative estimate of drug-likeness (QED) is 0.942. The zero-order valence-corrected chi connectivity index (χ0v) is 12.3. The van der Waals surface area contributed by atoms with Gasteiger partial charge in [-0.05, 0) is 49.6 Å². The van der Waals surface area contributed by atoms with Crippen molar-refractivity contribution in [2.75, 3.05) is 18.4 Å². The summed E-state index contributed by atoms with van der Waals surface area (Å²) in [4.78, 5) is 18.4. The molecule has 1 fully saturated rings. The molecule has 1 aromatic heterocycles. The van der Waals surface area contributed by atoms with E-state index in [2.05, 4.69) is 10.3 Å². The van der Waals surface area contributed by atoms with Gasteiger partial charge in [0.2, 0.25) is 0 Å². The van der Waals surface area contributed by atoms with E-state index in [1.54, 1.807) is 30.5 Å². The van der Waals surface area contributed by atoms with Gasteiger partial charge in [0.15, 0.2) is 0 Å². The summed E-state index contributed by atoms with van der Waals surface area (Å²) in [5, 5.41) is 3.09. The summed E-state index contributed by atoms with van der Waals surface area (Å²) >= 11 is 0. The third-order valence-electron chi connectivity index (χ3n) is 3.74. The van der Waals surface area contributed by atoms with Crippen LogP contribution in [-0.2, 0) is 0 Å². The zero-order valence-electron chi connectivity index (χ0n) is 12.3. The fraction of sp³-hybridized carbons (Fsp3) is 0.294. The molecule has 0 bridgehead atoms. The Labute approximate surface area is 129 Å². The first kappa shape index (κ1) is 14.5. The van der Waals surface area contributed by atoms with E-state index in [-0.39, 0.29) is 11.7 Å². The second-order valence-corrected chi connectivity index (χ2v) is 5.42. The summed E-state index contributed by atoms with van der Waals surface area (Å²) in [5.41, 5.74) is 1.78. The summed E-state index contributed by atoms with van der Waals surface area (Å²) < 4.78 is 13.2. The number of hydrogen-bond donors (Lipinski definition) is 1. The minimum Gasteiger partial charge on any atom is -0.355 e. The van der Waals surface area contributed by atoms with E-state index in [9.17, 15) is 9.18 Å². The molecule has 2 aromatic rings. The van der Waals surface area contributed by atoms with Crippen LogP contribution in [0, 0.1) is 5.82 Å². The van der Waals surface area contributed by atoms with Crippen molar-refractivity contribution < 1.29 is 9.18 Å². The van der Waals surface area contributed by atoms with Crippen LogP contribution in [0.1, 0.15) is 29.8 Å². The van der Waals surface area contributed by atoms with E-state index in [1.165, 1.54) is 18.6 Å². The average molecular weight is 299 g/mol. The number of hydrogen-bond acceptors (Lipinski definition) is 3. The molecule has 1 amide bonds. The van der Waals surface area contributed by atoms with Crippen LogP contribution in [0.3, 0.4) is 0 Å². The maximum atomic E-state index is 13.2. The van der Waals surface area contributed by atoms with Crippen molar-refractivity contribution in [2.45, 2.75) is 19.3 Å². The minimum atomic E-state index is -0.302. The number of benzene rings is 1. The van der Waals surface area contributed by atoms with Crippen LogP contribution in [-0.4, -0.2) is 28.9 Å². The maximum absolute atomic E-state index is 13.2. The lowest BCUT2D eigenvalue weighted by Gasteiger charge is -2.26. The highest BCUT2D eigenvalue weighted by atomic mass is 19.1. The molecule has 0 atom stereocenters. The largest absolute Gasteiger partial charge is 0.355 e. The summed E-state index contributed by atoms with van der Waals surface area (Å²) in [6, 6.07) is 9.68. The predicted molar refractivity (Wildman–Crippen MR) is 83.7 cm³/mol. The van der Waals surface area contributed by atoms with E-state index in [0.29, 0.717) is 11.4 Å².